The second kappa shape index (κ2) is 7.51. The van der Waals surface area contributed by atoms with Crippen LogP contribution in [0.4, 0.5) is 5.69 Å². The topological polar surface area (TPSA) is 53.1 Å². The molecule has 1 saturated carbocycles. The van der Waals surface area contributed by atoms with E-state index < -0.39 is 0 Å². The molecule has 0 amide bonds. The van der Waals surface area contributed by atoms with Gasteiger partial charge in [0.1, 0.15) is 11.9 Å². The van der Waals surface area contributed by atoms with E-state index in [2.05, 4.69) is 30.3 Å². The molecule has 1 heterocycles. The fraction of sp³-hybridized carbons (Fsp3) is 0.571. The normalized spacial score (nSPS) is 22.5. The van der Waals surface area contributed by atoms with Crippen molar-refractivity contribution >= 4 is 5.69 Å². The van der Waals surface area contributed by atoms with Gasteiger partial charge in [-0.3, -0.25) is 0 Å². The third-order valence-corrected chi connectivity index (χ3v) is 5.64. The first-order chi connectivity index (χ1) is 11.9. The molecule has 4 nitrogen and oxygen atoms in total. The van der Waals surface area contributed by atoms with Gasteiger partial charge in [-0.05, 0) is 67.2 Å². The fourth-order valence-electron chi connectivity index (χ4n) is 3.96. The summed E-state index contributed by atoms with van der Waals surface area (Å²) in [5.41, 5.74) is 6.97. The van der Waals surface area contributed by atoms with Crippen LogP contribution in [-0.2, 0) is 6.54 Å². The smallest absolute Gasteiger partial charge is 0.119 e. The van der Waals surface area contributed by atoms with Gasteiger partial charge >= 0.3 is 0 Å². The molecule has 1 unspecified atom stereocenters. The molecule has 1 aliphatic rings. The van der Waals surface area contributed by atoms with Crippen LogP contribution < -0.4 is 10.5 Å². The van der Waals surface area contributed by atoms with Gasteiger partial charge < -0.3 is 15.0 Å². The molecule has 0 bridgehead atoms. The zero-order chi connectivity index (χ0) is 17.9. The summed E-state index contributed by atoms with van der Waals surface area (Å²) in [5.74, 6) is 2.30. The third-order valence-electron chi connectivity index (χ3n) is 5.64. The monoisotopic (exact) mass is 341 g/mol. The summed E-state index contributed by atoms with van der Waals surface area (Å²) in [6, 6.07) is 7.74. The number of anilines is 1. The number of nitrogens with zero attached hydrogens (tertiary/aromatic N) is 2. The standard InChI is InChI=1S/C21H31N3O/c1-21(2,3)17-6-4-16(5-7-17)20(14-24-13-12-23-15-24)25-19-10-8-18(22)9-11-19/h8-13,15-17,20H,4-7,14,22H2,1-3H3. The maximum atomic E-state index is 6.40. The molecule has 0 saturated heterocycles. The molecule has 1 aromatic heterocycles. The number of nitrogens with two attached hydrogens (primary N) is 1. The maximum absolute atomic E-state index is 6.40. The lowest BCUT2D eigenvalue weighted by Crippen LogP contribution is -2.36. The van der Waals surface area contributed by atoms with Crippen molar-refractivity contribution in [2.24, 2.45) is 17.3 Å². The Bertz CT molecular complexity index is 635. The van der Waals surface area contributed by atoms with Crippen LogP contribution in [0.3, 0.4) is 0 Å². The molecule has 1 fully saturated rings. The third kappa shape index (κ3) is 4.77. The highest BCUT2D eigenvalue weighted by Crippen LogP contribution is 2.41. The second-order valence-electron chi connectivity index (χ2n) is 8.46. The summed E-state index contributed by atoms with van der Waals surface area (Å²) >= 11 is 0. The van der Waals surface area contributed by atoms with Crippen molar-refractivity contribution in [2.45, 2.75) is 59.1 Å². The quantitative estimate of drug-likeness (QED) is 0.797. The number of imidazole rings is 1. The molecule has 25 heavy (non-hydrogen) atoms. The first-order valence-electron chi connectivity index (χ1n) is 9.40. The highest BCUT2D eigenvalue weighted by molar-refractivity contribution is 5.41. The van der Waals surface area contributed by atoms with Gasteiger partial charge in [0.2, 0.25) is 0 Å². The van der Waals surface area contributed by atoms with Crippen molar-refractivity contribution in [1.82, 2.24) is 9.55 Å². The van der Waals surface area contributed by atoms with Gasteiger partial charge in [0.05, 0.1) is 12.9 Å². The van der Waals surface area contributed by atoms with Crippen molar-refractivity contribution < 1.29 is 4.74 Å². The van der Waals surface area contributed by atoms with Crippen molar-refractivity contribution in [3.63, 3.8) is 0 Å². The highest BCUT2D eigenvalue weighted by Gasteiger charge is 2.33. The van der Waals surface area contributed by atoms with E-state index >= 15 is 0 Å². The minimum absolute atomic E-state index is 0.166. The zero-order valence-corrected chi connectivity index (χ0v) is 15.7. The van der Waals surface area contributed by atoms with E-state index in [4.69, 9.17) is 10.5 Å². The molecule has 1 atom stereocenters. The minimum atomic E-state index is 0.166. The average Bonchev–Trinajstić information content (AvgIpc) is 3.09. The molecule has 1 aliphatic carbocycles. The van der Waals surface area contributed by atoms with E-state index in [-0.39, 0.29) is 6.10 Å². The molecule has 0 spiro atoms. The molecule has 0 radical (unpaired) electrons. The van der Waals surface area contributed by atoms with E-state index in [1.165, 1.54) is 25.7 Å². The Morgan fingerprint density at radius 3 is 2.40 bits per heavy atom. The number of benzene rings is 1. The fourth-order valence-corrected chi connectivity index (χ4v) is 3.96. The molecule has 3 rings (SSSR count). The summed E-state index contributed by atoms with van der Waals surface area (Å²) < 4.78 is 8.52. The van der Waals surface area contributed by atoms with Gasteiger partial charge in [-0.15, -0.1) is 0 Å². The van der Waals surface area contributed by atoms with Crippen LogP contribution in [0.1, 0.15) is 46.5 Å². The SMILES string of the molecule is CC(C)(C)C1CCC(C(Cn2ccnc2)Oc2ccc(N)cc2)CC1. The largest absolute Gasteiger partial charge is 0.488 e. The van der Waals surface area contributed by atoms with E-state index in [0.29, 0.717) is 11.3 Å². The minimum Gasteiger partial charge on any atom is -0.488 e. The van der Waals surface area contributed by atoms with Crippen LogP contribution in [0.15, 0.2) is 43.0 Å². The molecular formula is C21H31N3O. The lowest BCUT2D eigenvalue weighted by Gasteiger charge is -2.39. The van der Waals surface area contributed by atoms with Crippen molar-refractivity contribution in [3.05, 3.63) is 43.0 Å². The van der Waals surface area contributed by atoms with Gasteiger partial charge in [-0.2, -0.15) is 0 Å². The summed E-state index contributed by atoms with van der Waals surface area (Å²) in [6.45, 7) is 7.94. The Morgan fingerprint density at radius 1 is 1.16 bits per heavy atom. The number of rotatable bonds is 5. The summed E-state index contributed by atoms with van der Waals surface area (Å²) in [4.78, 5) is 4.17. The Labute approximate surface area is 151 Å². The van der Waals surface area contributed by atoms with Crippen molar-refractivity contribution in [3.8, 4) is 5.75 Å². The van der Waals surface area contributed by atoms with E-state index in [9.17, 15) is 0 Å². The number of hydrogen-bond donors (Lipinski definition) is 1. The van der Waals surface area contributed by atoms with Crippen LogP contribution in [0.2, 0.25) is 0 Å². The van der Waals surface area contributed by atoms with Gasteiger partial charge in [-0.25, -0.2) is 4.98 Å². The molecule has 136 valence electrons. The molecule has 1 aromatic carbocycles. The molecule has 0 aliphatic heterocycles. The van der Waals surface area contributed by atoms with Gasteiger partial charge in [0.25, 0.3) is 0 Å². The predicted octanol–water partition coefficient (Wildman–Crippen LogP) is 4.77. The summed E-state index contributed by atoms with van der Waals surface area (Å²) in [7, 11) is 0. The molecule has 2 N–H and O–H groups in total. The lowest BCUT2D eigenvalue weighted by molar-refractivity contribution is 0.0589. The maximum Gasteiger partial charge on any atom is 0.119 e. The Balaban J connectivity index is 1.69. The van der Waals surface area contributed by atoms with Crippen LogP contribution in [0.5, 0.6) is 5.75 Å². The Hall–Kier alpha value is -1.97. The number of ether oxygens (including phenoxy) is 1. The van der Waals surface area contributed by atoms with E-state index in [1.54, 1.807) is 0 Å². The molecule has 2 aromatic rings. The highest BCUT2D eigenvalue weighted by atomic mass is 16.5. The number of aromatic nitrogens is 2. The Kier molecular flexibility index (Phi) is 5.36. The lowest BCUT2D eigenvalue weighted by atomic mass is 9.69. The Morgan fingerprint density at radius 2 is 1.84 bits per heavy atom. The molecular weight excluding hydrogens is 310 g/mol. The van der Waals surface area contributed by atoms with Crippen molar-refractivity contribution in [2.75, 3.05) is 5.73 Å². The summed E-state index contributed by atoms with van der Waals surface area (Å²) in [5, 5.41) is 0. The van der Waals surface area contributed by atoms with Crippen LogP contribution >= 0.6 is 0 Å². The molecule has 4 heteroatoms. The number of hydrogen-bond acceptors (Lipinski definition) is 3. The first-order valence-corrected chi connectivity index (χ1v) is 9.40. The van der Waals surface area contributed by atoms with Crippen LogP contribution in [0.25, 0.3) is 0 Å². The van der Waals surface area contributed by atoms with Gasteiger partial charge in [0.15, 0.2) is 0 Å². The van der Waals surface area contributed by atoms with E-state index in [0.717, 1.165) is 23.9 Å². The van der Waals surface area contributed by atoms with Crippen molar-refractivity contribution in [1.29, 1.82) is 0 Å². The van der Waals surface area contributed by atoms with Gasteiger partial charge in [-0.1, -0.05) is 20.8 Å². The summed E-state index contributed by atoms with van der Waals surface area (Å²) in [6.07, 6.45) is 10.9. The van der Waals surface area contributed by atoms with Crippen LogP contribution in [0, 0.1) is 17.3 Å². The number of nitrogen functional groups attached to an aromatic ring is 1. The second-order valence-corrected chi connectivity index (χ2v) is 8.46. The first kappa shape index (κ1) is 17.8. The predicted molar refractivity (Wildman–Crippen MR) is 102 cm³/mol. The van der Waals surface area contributed by atoms with Crippen LogP contribution in [-0.4, -0.2) is 15.7 Å². The average molecular weight is 341 g/mol. The zero-order valence-electron chi connectivity index (χ0n) is 15.7. The van der Waals surface area contributed by atoms with Gasteiger partial charge in [0, 0.05) is 18.1 Å². The van der Waals surface area contributed by atoms with E-state index in [1.807, 2.05) is 43.0 Å².